The summed E-state index contributed by atoms with van der Waals surface area (Å²) in [5, 5.41) is 0. The van der Waals surface area contributed by atoms with E-state index in [4.69, 9.17) is 4.18 Å². The first-order chi connectivity index (χ1) is 16.0. The van der Waals surface area contributed by atoms with Crippen LogP contribution in [-0.4, -0.2) is 20.5 Å². The second kappa shape index (κ2) is 27.4. The Morgan fingerprint density at radius 1 is 0.529 bits per heavy atom. The number of hydrogen-bond acceptors (Lipinski definition) is 4. The lowest BCUT2D eigenvalue weighted by atomic mass is 10.0. The molecule has 34 heavy (non-hydrogen) atoms. The zero-order valence-electron chi connectivity index (χ0n) is 23.0. The van der Waals surface area contributed by atoms with Gasteiger partial charge in [0, 0.05) is 0 Å². The molecular formula is C28H60FNO3S. The zero-order valence-corrected chi connectivity index (χ0v) is 23.8. The van der Waals surface area contributed by atoms with Crippen LogP contribution >= 0.6 is 0 Å². The second-order valence-electron chi connectivity index (χ2n) is 9.94. The average molecular weight is 510 g/mol. The van der Waals surface area contributed by atoms with Crippen LogP contribution < -0.4 is 6.15 Å². The van der Waals surface area contributed by atoms with Gasteiger partial charge in [-0.1, -0.05) is 149 Å². The Hall–Kier alpha value is -0.200. The van der Waals surface area contributed by atoms with Gasteiger partial charge >= 0.3 is 0 Å². The van der Waals surface area contributed by atoms with Crippen molar-refractivity contribution >= 4 is 10.1 Å². The molecule has 0 rings (SSSR count). The molecule has 1 unspecified atom stereocenters. The van der Waals surface area contributed by atoms with E-state index in [1.807, 2.05) is 0 Å². The number of unbranched alkanes of at least 4 members (excludes halogenated alkanes) is 21. The fourth-order valence-corrected chi connectivity index (χ4v) is 5.26. The molecule has 1 atom stereocenters. The van der Waals surface area contributed by atoms with Crippen molar-refractivity contribution in [1.29, 1.82) is 0 Å². The summed E-state index contributed by atoms with van der Waals surface area (Å²) < 4.78 is 42.7. The van der Waals surface area contributed by atoms with Gasteiger partial charge in [0.25, 0.3) is 10.1 Å². The molecule has 4 nitrogen and oxygen atoms in total. The Kier molecular flexibility index (Phi) is 29.0. The molecular weight excluding hydrogens is 449 g/mol. The maximum absolute atomic E-state index is 14.0. The highest BCUT2D eigenvalue weighted by molar-refractivity contribution is 7.87. The van der Waals surface area contributed by atoms with Gasteiger partial charge in [0.2, 0.25) is 5.50 Å². The van der Waals surface area contributed by atoms with Crippen LogP contribution in [0.5, 0.6) is 0 Å². The van der Waals surface area contributed by atoms with E-state index >= 15 is 0 Å². The van der Waals surface area contributed by atoms with E-state index in [0.29, 0.717) is 12.8 Å². The molecule has 0 aliphatic rings. The van der Waals surface area contributed by atoms with Crippen LogP contribution in [0.1, 0.15) is 168 Å². The third-order valence-corrected chi connectivity index (χ3v) is 7.95. The Morgan fingerprint density at radius 2 is 0.824 bits per heavy atom. The molecule has 3 N–H and O–H groups in total. The van der Waals surface area contributed by atoms with Gasteiger partial charge in [0.05, 0.1) is 6.61 Å². The molecule has 0 saturated carbocycles. The van der Waals surface area contributed by atoms with Crippen molar-refractivity contribution in [1.82, 2.24) is 6.15 Å². The minimum absolute atomic E-state index is 0. The van der Waals surface area contributed by atoms with E-state index in [0.717, 1.165) is 32.1 Å². The molecule has 0 heterocycles. The number of hydrogen-bond donors (Lipinski definition) is 1. The lowest BCUT2D eigenvalue weighted by molar-refractivity contribution is 0.270. The molecule has 6 heteroatoms. The SMILES string of the molecule is CCCCCCCCCCCCCCCCCCOS(=O)(=O)C(F)CCCCCCCCC.N. The molecule has 0 fully saturated rings. The summed E-state index contributed by atoms with van der Waals surface area (Å²) in [6, 6.07) is 0. The first-order valence-corrected chi connectivity index (χ1v) is 16.0. The topological polar surface area (TPSA) is 78.4 Å². The van der Waals surface area contributed by atoms with Gasteiger partial charge in [-0.15, -0.1) is 0 Å². The molecule has 0 aromatic rings. The minimum Gasteiger partial charge on any atom is -0.344 e. The zero-order chi connectivity index (χ0) is 24.5. The van der Waals surface area contributed by atoms with Crippen molar-refractivity contribution in [3.63, 3.8) is 0 Å². The Bertz CT molecular complexity index is 488. The lowest BCUT2D eigenvalue weighted by Gasteiger charge is -2.10. The smallest absolute Gasteiger partial charge is 0.299 e. The van der Waals surface area contributed by atoms with E-state index in [-0.39, 0.29) is 19.2 Å². The van der Waals surface area contributed by atoms with Crippen LogP contribution in [0.3, 0.4) is 0 Å². The van der Waals surface area contributed by atoms with Crippen molar-refractivity contribution in [2.75, 3.05) is 6.61 Å². The predicted molar refractivity (Wildman–Crippen MR) is 147 cm³/mol. The standard InChI is InChI=1S/C28H57FO3S.H3N/c1-3-5-7-9-11-12-13-14-15-16-17-18-19-21-23-25-27-32-33(30,31)28(29)26-24-22-20-10-8-6-4-2;/h28H,3-27H2,1-2H3;1H3. The van der Waals surface area contributed by atoms with Crippen molar-refractivity contribution in [3.05, 3.63) is 0 Å². The normalized spacial score (nSPS) is 12.6. The maximum atomic E-state index is 14.0. The summed E-state index contributed by atoms with van der Waals surface area (Å²) in [5.74, 6) is 0. The van der Waals surface area contributed by atoms with Crippen LogP contribution in [0.2, 0.25) is 0 Å². The van der Waals surface area contributed by atoms with Gasteiger partial charge in [-0.2, -0.15) is 8.42 Å². The largest absolute Gasteiger partial charge is 0.344 e. The highest BCUT2D eigenvalue weighted by atomic mass is 32.2. The second-order valence-corrected chi connectivity index (χ2v) is 11.7. The lowest BCUT2D eigenvalue weighted by Crippen LogP contribution is -2.19. The average Bonchev–Trinajstić information content (AvgIpc) is 2.80. The summed E-state index contributed by atoms with van der Waals surface area (Å²) in [4.78, 5) is 0. The molecule has 0 amide bonds. The van der Waals surface area contributed by atoms with Crippen molar-refractivity contribution in [2.24, 2.45) is 0 Å². The van der Waals surface area contributed by atoms with Crippen LogP contribution in [0.15, 0.2) is 0 Å². The van der Waals surface area contributed by atoms with Crippen molar-refractivity contribution in [2.45, 2.75) is 173 Å². The summed E-state index contributed by atoms with van der Waals surface area (Å²) in [6.07, 6.45) is 27.9. The third kappa shape index (κ3) is 24.9. The molecule has 208 valence electrons. The highest BCUT2D eigenvalue weighted by Gasteiger charge is 2.25. The minimum atomic E-state index is -4.05. The Morgan fingerprint density at radius 3 is 1.18 bits per heavy atom. The van der Waals surface area contributed by atoms with Crippen molar-refractivity contribution < 1.29 is 17.0 Å². The quantitative estimate of drug-likeness (QED) is 0.0882. The van der Waals surface area contributed by atoms with E-state index in [1.54, 1.807) is 0 Å². The molecule has 0 radical (unpaired) electrons. The molecule has 0 aromatic carbocycles. The molecule has 0 saturated heterocycles. The van der Waals surface area contributed by atoms with E-state index in [2.05, 4.69) is 13.8 Å². The van der Waals surface area contributed by atoms with Crippen LogP contribution in [0, 0.1) is 0 Å². The number of halogens is 1. The van der Waals surface area contributed by atoms with Crippen molar-refractivity contribution in [3.8, 4) is 0 Å². The molecule has 0 aliphatic carbocycles. The fourth-order valence-electron chi connectivity index (χ4n) is 4.31. The van der Waals surface area contributed by atoms with E-state index in [9.17, 15) is 12.8 Å². The molecule has 0 aromatic heterocycles. The van der Waals surface area contributed by atoms with Crippen LogP contribution in [0.4, 0.5) is 4.39 Å². The van der Waals surface area contributed by atoms with Gasteiger partial charge in [0.15, 0.2) is 0 Å². The number of alkyl halides is 1. The van der Waals surface area contributed by atoms with Crippen LogP contribution in [-0.2, 0) is 14.3 Å². The maximum Gasteiger partial charge on any atom is 0.299 e. The Labute approximate surface area is 213 Å². The van der Waals surface area contributed by atoms with Gasteiger partial charge in [-0.05, 0) is 19.3 Å². The summed E-state index contributed by atoms with van der Waals surface area (Å²) in [6.45, 7) is 4.57. The summed E-state index contributed by atoms with van der Waals surface area (Å²) in [7, 11) is -4.05. The van der Waals surface area contributed by atoms with Gasteiger partial charge < -0.3 is 6.15 Å². The molecule has 0 aliphatic heterocycles. The summed E-state index contributed by atoms with van der Waals surface area (Å²) >= 11 is 0. The van der Waals surface area contributed by atoms with E-state index < -0.39 is 15.6 Å². The van der Waals surface area contributed by atoms with E-state index in [1.165, 1.54) is 103 Å². The third-order valence-electron chi connectivity index (χ3n) is 6.59. The van der Waals surface area contributed by atoms with Gasteiger partial charge in [-0.25, -0.2) is 4.39 Å². The first kappa shape index (κ1) is 36.0. The predicted octanol–water partition coefficient (Wildman–Crippen LogP) is 10.2. The van der Waals surface area contributed by atoms with Gasteiger partial charge in [0.1, 0.15) is 0 Å². The first-order valence-electron chi connectivity index (χ1n) is 14.6. The monoisotopic (exact) mass is 509 g/mol. The molecule has 0 spiro atoms. The summed E-state index contributed by atoms with van der Waals surface area (Å²) in [5.41, 5.74) is -1.87. The molecule has 0 bridgehead atoms. The van der Waals surface area contributed by atoms with Crippen LogP contribution in [0.25, 0.3) is 0 Å². The fraction of sp³-hybridized carbons (Fsp3) is 1.00. The van der Waals surface area contributed by atoms with Gasteiger partial charge in [-0.3, -0.25) is 4.18 Å². The highest BCUT2D eigenvalue weighted by Crippen LogP contribution is 2.17. The Balaban J connectivity index is 0. The number of rotatable bonds is 27.